The highest BCUT2D eigenvalue weighted by Gasteiger charge is 2.36. The summed E-state index contributed by atoms with van der Waals surface area (Å²) in [6.07, 6.45) is 2.75. The Bertz CT molecular complexity index is 224. The molecule has 4 heteroatoms. The molecule has 0 aromatic heterocycles. The molecule has 0 radical (unpaired) electrons. The summed E-state index contributed by atoms with van der Waals surface area (Å²) in [5.41, 5.74) is 0. The van der Waals surface area contributed by atoms with Gasteiger partial charge in [-0.1, -0.05) is 19.8 Å². The lowest BCUT2D eigenvalue weighted by atomic mass is 10.1. The Balaban J connectivity index is 2.35. The van der Waals surface area contributed by atoms with Crippen molar-refractivity contribution in [2.45, 2.75) is 51.7 Å². The molecule has 1 aliphatic rings. The van der Waals surface area contributed by atoms with E-state index >= 15 is 0 Å². The molecule has 1 heterocycles. The molecule has 0 amide bonds. The fraction of sp³-hybridized carbons (Fsp3) is 0.800. The summed E-state index contributed by atoms with van der Waals surface area (Å²) < 4.78 is 9.88. The van der Waals surface area contributed by atoms with E-state index in [0.29, 0.717) is 6.42 Å². The predicted molar refractivity (Wildman–Crippen MR) is 49.6 cm³/mol. The third kappa shape index (κ3) is 3.01. The van der Waals surface area contributed by atoms with E-state index in [9.17, 15) is 9.59 Å². The number of carbonyl (C=O) groups excluding carboxylic acids is 2. The molecule has 2 atom stereocenters. The number of cyclic esters (lactones) is 1. The number of hydrogen-bond donors (Lipinski definition) is 0. The van der Waals surface area contributed by atoms with Crippen LogP contribution in [0, 0.1) is 0 Å². The van der Waals surface area contributed by atoms with Crippen LogP contribution in [-0.4, -0.2) is 24.1 Å². The molecule has 0 spiro atoms. The van der Waals surface area contributed by atoms with E-state index in [0.717, 1.165) is 19.3 Å². The Labute approximate surface area is 83.6 Å². The standard InChI is InChI=1S/C10H16O4/c1-3-4-5-8-6-9(10(12)14-8)13-7(2)11/h8-9H,3-6H2,1-2H3/t8-,9+/m1/s1. The minimum Gasteiger partial charge on any atom is -0.459 e. The number of carbonyl (C=O) groups is 2. The van der Waals surface area contributed by atoms with E-state index in [2.05, 4.69) is 6.92 Å². The van der Waals surface area contributed by atoms with E-state index < -0.39 is 18.0 Å². The maximum Gasteiger partial charge on any atom is 0.347 e. The van der Waals surface area contributed by atoms with Crippen molar-refractivity contribution in [3.8, 4) is 0 Å². The van der Waals surface area contributed by atoms with Crippen LogP contribution in [0.2, 0.25) is 0 Å². The minimum absolute atomic E-state index is 0.0631. The first-order valence-electron chi connectivity index (χ1n) is 5.01. The van der Waals surface area contributed by atoms with Crippen LogP contribution in [0.15, 0.2) is 0 Å². The summed E-state index contributed by atoms with van der Waals surface area (Å²) >= 11 is 0. The van der Waals surface area contributed by atoms with Crippen molar-refractivity contribution in [1.29, 1.82) is 0 Å². The van der Waals surface area contributed by atoms with Crippen LogP contribution >= 0.6 is 0 Å². The zero-order chi connectivity index (χ0) is 10.6. The van der Waals surface area contributed by atoms with Gasteiger partial charge in [0.05, 0.1) is 0 Å². The molecular formula is C10H16O4. The zero-order valence-electron chi connectivity index (χ0n) is 8.62. The lowest BCUT2D eigenvalue weighted by Crippen LogP contribution is -2.20. The van der Waals surface area contributed by atoms with Crippen LogP contribution in [0.1, 0.15) is 39.5 Å². The van der Waals surface area contributed by atoms with Gasteiger partial charge in [-0.05, 0) is 6.42 Å². The fourth-order valence-corrected chi connectivity index (χ4v) is 1.53. The van der Waals surface area contributed by atoms with Gasteiger partial charge in [-0.25, -0.2) is 4.79 Å². The van der Waals surface area contributed by atoms with Crippen molar-refractivity contribution in [2.24, 2.45) is 0 Å². The maximum absolute atomic E-state index is 11.2. The molecular weight excluding hydrogens is 184 g/mol. The molecule has 0 N–H and O–H groups in total. The lowest BCUT2D eigenvalue weighted by molar-refractivity contribution is -0.159. The van der Waals surface area contributed by atoms with Crippen LogP contribution in [0.5, 0.6) is 0 Å². The van der Waals surface area contributed by atoms with Gasteiger partial charge in [-0.2, -0.15) is 0 Å². The molecule has 0 aromatic carbocycles. The van der Waals surface area contributed by atoms with Crippen LogP contribution in [0.4, 0.5) is 0 Å². The Morgan fingerprint density at radius 3 is 2.93 bits per heavy atom. The molecule has 14 heavy (non-hydrogen) atoms. The van der Waals surface area contributed by atoms with Gasteiger partial charge in [0, 0.05) is 13.3 Å². The first-order chi connectivity index (χ1) is 6.63. The molecule has 4 nitrogen and oxygen atoms in total. The highest BCUT2D eigenvalue weighted by atomic mass is 16.6. The highest BCUT2D eigenvalue weighted by Crippen LogP contribution is 2.22. The highest BCUT2D eigenvalue weighted by molar-refractivity contribution is 5.80. The molecule has 0 bridgehead atoms. The molecule has 0 aromatic rings. The zero-order valence-corrected chi connectivity index (χ0v) is 8.62. The van der Waals surface area contributed by atoms with Gasteiger partial charge in [-0.3, -0.25) is 4.79 Å². The van der Waals surface area contributed by atoms with Gasteiger partial charge >= 0.3 is 11.9 Å². The van der Waals surface area contributed by atoms with Gasteiger partial charge in [0.1, 0.15) is 6.10 Å². The van der Waals surface area contributed by atoms with Crippen LogP contribution in [-0.2, 0) is 19.1 Å². The maximum atomic E-state index is 11.2. The third-order valence-corrected chi connectivity index (χ3v) is 2.21. The van der Waals surface area contributed by atoms with Crippen molar-refractivity contribution in [3.63, 3.8) is 0 Å². The lowest BCUT2D eigenvalue weighted by Gasteiger charge is -2.06. The Kier molecular flexibility index (Phi) is 3.92. The average Bonchev–Trinajstić information content (AvgIpc) is 2.43. The number of unbranched alkanes of at least 4 members (excludes halogenated alkanes) is 1. The first kappa shape index (κ1) is 11.0. The molecule has 1 rings (SSSR count). The first-order valence-corrected chi connectivity index (χ1v) is 5.01. The van der Waals surface area contributed by atoms with Crippen molar-refractivity contribution in [1.82, 2.24) is 0 Å². The van der Waals surface area contributed by atoms with E-state index in [4.69, 9.17) is 9.47 Å². The molecule has 1 fully saturated rings. The Morgan fingerprint density at radius 2 is 2.36 bits per heavy atom. The second-order valence-corrected chi connectivity index (χ2v) is 3.53. The van der Waals surface area contributed by atoms with Crippen molar-refractivity contribution in [2.75, 3.05) is 0 Å². The van der Waals surface area contributed by atoms with Gasteiger partial charge < -0.3 is 9.47 Å². The van der Waals surface area contributed by atoms with Gasteiger partial charge in [0.25, 0.3) is 0 Å². The monoisotopic (exact) mass is 200 g/mol. The normalized spacial score (nSPS) is 26.0. The third-order valence-electron chi connectivity index (χ3n) is 2.21. The van der Waals surface area contributed by atoms with E-state index in [1.807, 2.05) is 0 Å². The van der Waals surface area contributed by atoms with E-state index in [1.165, 1.54) is 6.92 Å². The topological polar surface area (TPSA) is 52.6 Å². The van der Waals surface area contributed by atoms with E-state index in [-0.39, 0.29) is 6.10 Å². The number of ether oxygens (including phenoxy) is 2. The van der Waals surface area contributed by atoms with Gasteiger partial charge in [0.2, 0.25) is 6.10 Å². The van der Waals surface area contributed by atoms with Gasteiger partial charge in [-0.15, -0.1) is 0 Å². The summed E-state index contributed by atoms with van der Waals surface area (Å²) in [4.78, 5) is 21.8. The van der Waals surface area contributed by atoms with Crippen molar-refractivity contribution < 1.29 is 19.1 Å². The van der Waals surface area contributed by atoms with E-state index in [1.54, 1.807) is 0 Å². The molecule has 80 valence electrons. The van der Waals surface area contributed by atoms with Crippen LogP contribution < -0.4 is 0 Å². The quantitative estimate of drug-likeness (QED) is 0.644. The summed E-state index contributed by atoms with van der Waals surface area (Å²) in [5.74, 6) is -0.829. The molecule has 1 aliphatic heterocycles. The number of rotatable bonds is 4. The molecule has 0 aliphatic carbocycles. The van der Waals surface area contributed by atoms with Gasteiger partial charge in [0.15, 0.2) is 0 Å². The number of hydrogen-bond acceptors (Lipinski definition) is 4. The predicted octanol–water partition coefficient (Wildman–Crippen LogP) is 1.42. The SMILES string of the molecule is CCCC[C@@H]1C[C@H](OC(C)=O)C(=O)O1. The van der Waals surface area contributed by atoms with Crippen molar-refractivity contribution in [3.05, 3.63) is 0 Å². The van der Waals surface area contributed by atoms with Crippen molar-refractivity contribution >= 4 is 11.9 Å². The largest absolute Gasteiger partial charge is 0.459 e. The molecule has 0 saturated carbocycles. The fourth-order valence-electron chi connectivity index (χ4n) is 1.53. The summed E-state index contributed by atoms with van der Waals surface area (Å²) in [6, 6.07) is 0. The summed E-state index contributed by atoms with van der Waals surface area (Å²) in [6.45, 7) is 3.38. The second-order valence-electron chi connectivity index (χ2n) is 3.53. The minimum atomic E-state index is -0.672. The smallest absolute Gasteiger partial charge is 0.347 e. The molecule has 1 saturated heterocycles. The Hall–Kier alpha value is -1.06. The van der Waals surface area contributed by atoms with Crippen LogP contribution in [0.25, 0.3) is 0 Å². The molecule has 0 unspecified atom stereocenters. The summed E-state index contributed by atoms with van der Waals surface area (Å²) in [7, 11) is 0. The van der Waals surface area contributed by atoms with Crippen LogP contribution in [0.3, 0.4) is 0 Å². The number of esters is 2. The second kappa shape index (κ2) is 4.98. The summed E-state index contributed by atoms with van der Waals surface area (Å²) in [5, 5.41) is 0. The Morgan fingerprint density at radius 1 is 1.64 bits per heavy atom. The average molecular weight is 200 g/mol.